The van der Waals surface area contributed by atoms with Crippen LogP contribution in [0.3, 0.4) is 0 Å². The maximum absolute atomic E-state index is 9.98. The molecule has 2 rings (SSSR count). The van der Waals surface area contributed by atoms with E-state index in [4.69, 9.17) is 12.2 Å². The van der Waals surface area contributed by atoms with Crippen molar-refractivity contribution in [3.05, 3.63) is 26.8 Å². The number of hydrogen-bond donors (Lipinski definition) is 1. The highest BCUT2D eigenvalue weighted by molar-refractivity contribution is 8.25. The van der Waals surface area contributed by atoms with E-state index in [2.05, 4.69) is 0 Å². The zero-order valence-corrected chi connectivity index (χ0v) is 10.7. The molecule has 0 saturated heterocycles. The summed E-state index contributed by atoms with van der Waals surface area (Å²) in [6, 6.07) is 1.96. The van der Waals surface area contributed by atoms with E-state index in [1.54, 1.807) is 23.1 Å². The van der Waals surface area contributed by atoms with Gasteiger partial charge in [-0.15, -0.1) is 34.9 Å². The van der Waals surface area contributed by atoms with Crippen LogP contribution in [0.4, 0.5) is 0 Å². The first kappa shape index (κ1) is 10.5. The molecule has 14 heavy (non-hydrogen) atoms. The van der Waals surface area contributed by atoms with Gasteiger partial charge in [0, 0.05) is 16.2 Å². The Kier molecular flexibility index (Phi) is 3.21. The number of thioether (sulfide) groups is 2. The van der Waals surface area contributed by atoms with Gasteiger partial charge in [0.1, 0.15) is 5.76 Å². The van der Waals surface area contributed by atoms with Crippen LogP contribution in [0.25, 0.3) is 5.76 Å². The third kappa shape index (κ3) is 1.74. The number of aliphatic hydroxyl groups excluding tert-OH is 1. The van der Waals surface area contributed by atoms with Crippen molar-refractivity contribution >= 4 is 57.0 Å². The molecule has 0 unspecified atom stereocenters. The van der Waals surface area contributed by atoms with E-state index in [-0.39, 0.29) is 0 Å². The first-order valence-electron chi connectivity index (χ1n) is 3.95. The van der Waals surface area contributed by atoms with Gasteiger partial charge >= 0.3 is 0 Å². The van der Waals surface area contributed by atoms with Crippen molar-refractivity contribution in [1.29, 1.82) is 0 Å². The molecule has 0 bridgehead atoms. The number of rotatable bonds is 1. The van der Waals surface area contributed by atoms with Crippen LogP contribution >= 0.6 is 47.1 Å². The van der Waals surface area contributed by atoms with Crippen molar-refractivity contribution in [3.8, 4) is 0 Å². The highest BCUT2D eigenvalue weighted by atomic mass is 32.2. The number of aliphatic hydroxyl groups is 1. The van der Waals surface area contributed by atoms with Gasteiger partial charge in [0.05, 0.1) is 9.10 Å². The molecule has 0 atom stereocenters. The van der Waals surface area contributed by atoms with Crippen molar-refractivity contribution in [3.63, 3.8) is 0 Å². The molecule has 1 N–H and O–H groups in total. The molecule has 1 aliphatic rings. The molecule has 0 amide bonds. The first-order valence-corrected chi connectivity index (χ1v) is 7.45. The molecule has 0 radical (unpaired) electrons. The Morgan fingerprint density at radius 2 is 2.43 bits per heavy atom. The number of thiocarbonyl (C=S) groups is 1. The fourth-order valence-corrected chi connectivity index (χ4v) is 4.13. The minimum atomic E-state index is 0.358. The van der Waals surface area contributed by atoms with Crippen molar-refractivity contribution in [2.75, 3.05) is 6.26 Å². The second-order valence-corrected chi connectivity index (χ2v) is 6.18. The van der Waals surface area contributed by atoms with Gasteiger partial charge in [0.2, 0.25) is 0 Å². The maximum atomic E-state index is 9.98. The van der Waals surface area contributed by atoms with E-state index >= 15 is 0 Å². The SMILES string of the molecule is CSC(=S)C1=C(O)c2ccsc2CS1. The molecule has 0 spiro atoms. The summed E-state index contributed by atoms with van der Waals surface area (Å²) in [7, 11) is 0. The molecule has 1 aromatic rings. The Morgan fingerprint density at radius 3 is 3.14 bits per heavy atom. The lowest BCUT2D eigenvalue weighted by atomic mass is 10.2. The van der Waals surface area contributed by atoms with E-state index < -0.39 is 0 Å². The number of thiophene rings is 1. The van der Waals surface area contributed by atoms with Gasteiger partial charge in [0.25, 0.3) is 0 Å². The first-order chi connectivity index (χ1) is 6.74. The minimum Gasteiger partial charge on any atom is -0.506 e. The summed E-state index contributed by atoms with van der Waals surface area (Å²) in [5.41, 5.74) is 0.958. The molecule has 0 aliphatic carbocycles. The average Bonchev–Trinajstić information content (AvgIpc) is 2.66. The monoisotopic (exact) mass is 260 g/mol. The lowest BCUT2D eigenvalue weighted by molar-refractivity contribution is 0.511. The minimum absolute atomic E-state index is 0.358. The summed E-state index contributed by atoms with van der Waals surface area (Å²) in [5.74, 6) is 1.28. The lowest BCUT2D eigenvalue weighted by Gasteiger charge is -2.15. The fraction of sp³-hybridized carbons (Fsp3) is 0.222. The van der Waals surface area contributed by atoms with Crippen LogP contribution in [0.2, 0.25) is 0 Å². The normalized spacial score (nSPS) is 15.5. The Hall–Kier alpha value is 0.0300. The summed E-state index contributed by atoms with van der Waals surface area (Å²) in [5, 5.41) is 12.0. The van der Waals surface area contributed by atoms with Crippen LogP contribution in [-0.4, -0.2) is 15.6 Å². The van der Waals surface area contributed by atoms with E-state index in [1.807, 2.05) is 17.7 Å². The van der Waals surface area contributed by atoms with Gasteiger partial charge in [-0.1, -0.05) is 12.2 Å². The predicted molar refractivity (Wildman–Crippen MR) is 71.3 cm³/mol. The Morgan fingerprint density at radius 1 is 1.64 bits per heavy atom. The smallest absolute Gasteiger partial charge is 0.139 e. The summed E-state index contributed by atoms with van der Waals surface area (Å²) < 4.78 is 0.782. The van der Waals surface area contributed by atoms with Gasteiger partial charge in [0.15, 0.2) is 0 Å². The van der Waals surface area contributed by atoms with Crippen LogP contribution in [0.1, 0.15) is 10.4 Å². The average molecular weight is 260 g/mol. The second kappa shape index (κ2) is 4.26. The van der Waals surface area contributed by atoms with E-state index in [1.165, 1.54) is 16.6 Å². The van der Waals surface area contributed by atoms with Crippen LogP contribution < -0.4 is 0 Å². The molecule has 1 aromatic heterocycles. The Labute approximate surface area is 101 Å². The molecule has 1 nitrogen and oxygen atoms in total. The maximum Gasteiger partial charge on any atom is 0.139 e. The summed E-state index contributed by atoms with van der Waals surface area (Å²) >= 11 is 10.0. The molecule has 1 aliphatic heterocycles. The van der Waals surface area contributed by atoms with Crippen molar-refractivity contribution < 1.29 is 5.11 Å². The predicted octanol–water partition coefficient (Wildman–Crippen LogP) is 3.91. The van der Waals surface area contributed by atoms with Crippen molar-refractivity contribution in [1.82, 2.24) is 0 Å². The summed E-state index contributed by atoms with van der Waals surface area (Å²) in [4.78, 5) is 2.10. The quantitative estimate of drug-likeness (QED) is 0.772. The summed E-state index contributed by atoms with van der Waals surface area (Å²) in [6.07, 6.45) is 1.94. The van der Waals surface area contributed by atoms with Crippen LogP contribution in [0.5, 0.6) is 0 Å². The van der Waals surface area contributed by atoms with Gasteiger partial charge in [-0.25, -0.2) is 0 Å². The third-order valence-corrected chi connectivity index (χ3v) is 5.69. The third-order valence-electron chi connectivity index (χ3n) is 1.93. The van der Waals surface area contributed by atoms with Gasteiger partial charge in [-0.05, 0) is 17.7 Å². The van der Waals surface area contributed by atoms with Crippen molar-refractivity contribution in [2.45, 2.75) is 5.75 Å². The Balaban J connectivity index is 2.45. The molecular formula is C9H8OS4. The highest BCUT2D eigenvalue weighted by Crippen LogP contribution is 2.40. The van der Waals surface area contributed by atoms with E-state index in [9.17, 15) is 5.11 Å². The highest BCUT2D eigenvalue weighted by Gasteiger charge is 2.22. The van der Waals surface area contributed by atoms with Gasteiger partial charge in [-0.3, -0.25) is 0 Å². The molecule has 2 heterocycles. The molecule has 74 valence electrons. The standard InChI is InChI=1S/C9H8OS4/c1-12-9(11)8-7(10)5-2-3-13-6(5)4-14-8/h2-3,10H,4H2,1H3. The topological polar surface area (TPSA) is 20.2 Å². The molecule has 0 saturated carbocycles. The van der Waals surface area contributed by atoms with Gasteiger partial charge in [-0.2, -0.15) is 0 Å². The van der Waals surface area contributed by atoms with Crippen LogP contribution in [0.15, 0.2) is 16.4 Å². The fourth-order valence-electron chi connectivity index (χ4n) is 1.24. The van der Waals surface area contributed by atoms with Gasteiger partial charge < -0.3 is 5.11 Å². The molecule has 0 fully saturated rings. The van der Waals surface area contributed by atoms with E-state index in [0.29, 0.717) is 5.76 Å². The van der Waals surface area contributed by atoms with Crippen LogP contribution in [0, 0.1) is 0 Å². The zero-order valence-electron chi connectivity index (χ0n) is 7.44. The molecule has 0 aromatic carbocycles. The zero-order chi connectivity index (χ0) is 10.1. The van der Waals surface area contributed by atoms with Crippen LogP contribution in [-0.2, 0) is 5.75 Å². The van der Waals surface area contributed by atoms with Crippen molar-refractivity contribution in [2.24, 2.45) is 0 Å². The molecule has 5 heteroatoms. The second-order valence-electron chi connectivity index (χ2n) is 2.72. The Bertz CT molecular complexity index is 405. The number of hydrogen-bond acceptors (Lipinski definition) is 5. The molecular weight excluding hydrogens is 252 g/mol. The largest absolute Gasteiger partial charge is 0.506 e. The summed E-state index contributed by atoms with van der Waals surface area (Å²) in [6.45, 7) is 0. The van der Waals surface area contributed by atoms with E-state index in [0.717, 1.165) is 20.4 Å². The number of fused-ring (bicyclic) bond motifs is 1. The lowest BCUT2D eigenvalue weighted by Crippen LogP contribution is -2.02.